The summed E-state index contributed by atoms with van der Waals surface area (Å²) >= 11 is 0. The summed E-state index contributed by atoms with van der Waals surface area (Å²) in [4.78, 5) is 4.09. The number of pyridine rings is 1. The molecule has 11 heteroatoms. The Morgan fingerprint density at radius 2 is 1.97 bits per heavy atom. The molecule has 30 heavy (non-hydrogen) atoms. The zero-order chi connectivity index (χ0) is 22.1. The van der Waals surface area contributed by atoms with Crippen LogP contribution in [0.3, 0.4) is 0 Å². The quantitative estimate of drug-likeness (QED) is 0.547. The number of primary sulfonamides is 1. The molecule has 2 heterocycles. The Labute approximate surface area is 172 Å². The summed E-state index contributed by atoms with van der Waals surface area (Å²) in [7, 11) is -4.25. The molecule has 0 fully saturated rings. The maximum atomic E-state index is 14.1. The minimum atomic E-state index is -4.25. The molecule has 0 bridgehead atoms. The highest BCUT2D eigenvalue weighted by Gasteiger charge is 2.19. The molecule has 0 unspecified atom stereocenters. The number of benzene rings is 1. The molecule has 0 atom stereocenters. The Morgan fingerprint density at radius 1 is 1.23 bits per heavy atom. The van der Waals surface area contributed by atoms with Crippen molar-refractivity contribution in [1.29, 1.82) is 0 Å². The Bertz CT molecular complexity index is 1180. The van der Waals surface area contributed by atoms with Crippen LogP contribution in [0.2, 0.25) is 0 Å². The first kappa shape index (κ1) is 21.7. The van der Waals surface area contributed by atoms with Gasteiger partial charge in [-0.05, 0) is 35.2 Å². The number of halogens is 2. The van der Waals surface area contributed by atoms with Crippen LogP contribution in [0, 0.1) is 11.6 Å². The van der Waals surface area contributed by atoms with Gasteiger partial charge in [-0.2, -0.15) is 5.10 Å². The Balaban J connectivity index is 1.76. The van der Waals surface area contributed by atoms with E-state index in [4.69, 9.17) is 15.6 Å². The number of rotatable bonds is 7. The molecule has 0 saturated heterocycles. The number of sulfonamides is 1. The van der Waals surface area contributed by atoms with Crippen LogP contribution in [0.5, 0.6) is 5.88 Å². The van der Waals surface area contributed by atoms with E-state index < -0.39 is 26.7 Å². The van der Waals surface area contributed by atoms with Crippen molar-refractivity contribution in [3.05, 3.63) is 53.9 Å². The molecule has 1 aromatic carbocycles. The maximum absolute atomic E-state index is 14.1. The lowest BCUT2D eigenvalue weighted by molar-refractivity contribution is 0.280. The lowest BCUT2D eigenvalue weighted by Crippen LogP contribution is -2.15. The van der Waals surface area contributed by atoms with E-state index in [9.17, 15) is 17.2 Å². The molecule has 0 spiro atoms. The second-order valence-electron chi connectivity index (χ2n) is 6.93. The zero-order valence-corrected chi connectivity index (χ0v) is 17.2. The van der Waals surface area contributed by atoms with Gasteiger partial charge in [-0.3, -0.25) is 4.68 Å². The number of aromatic nitrogens is 3. The predicted molar refractivity (Wildman–Crippen MR) is 107 cm³/mol. The van der Waals surface area contributed by atoms with Gasteiger partial charge in [0, 0.05) is 23.5 Å². The van der Waals surface area contributed by atoms with Crippen LogP contribution in [0.15, 0.2) is 41.7 Å². The van der Waals surface area contributed by atoms with E-state index in [1.807, 2.05) is 13.8 Å². The number of nitrogen functional groups attached to an aromatic ring is 1. The molecule has 0 aliphatic carbocycles. The maximum Gasteiger partial charge on any atom is 0.260 e. The third-order valence-electron chi connectivity index (χ3n) is 4.37. The van der Waals surface area contributed by atoms with E-state index in [0.29, 0.717) is 22.4 Å². The van der Waals surface area contributed by atoms with Crippen molar-refractivity contribution >= 4 is 15.7 Å². The molecule has 0 saturated carbocycles. The molecule has 0 radical (unpaired) electrons. The lowest BCUT2D eigenvalue weighted by Gasteiger charge is -2.15. The highest BCUT2D eigenvalue weighted by atomic mass is 32.2. The van der Waals surface area contributed by atoms with Crippen LogP contribution in [0.1, 0.15) is 25.3 Å². The topological polar surface area (TPSA) is 126 Å². The summed E-state index contributed by atoms with van der Waals surface area (Å²) in [6, 6.07) is 6.06. The van der Waals surface area contributed by atoms with E-state index >= 15 is 0 Å². The molecule has 3 rings (SSSR count). The summed E-state index contributed by atoms with van der Waals surface area (Å²) in [6.45, 7) is 3.93. The molecule has 4 N–H and O–H groups in total. The van der Waals surface area contributed by atoms with E-state index in [1.165, 1.54) is 18.3 Å². The van der Waals surface area contributed by atoms with Crippen LogP contribution >= 0.6 is 0 Å². The van der Waals surface area contributed by atoms with Gasteiger partial charge in [0.05, 0.1) is 12.7 Å². The Hall–Kier alpha value is -3.05. The molecular formula is C19H21F2N5O3S. The van der Waals surface area contributed by atoms with Gasteiger partial charge < -0.3 is 10.5 Å². The first-order chi connectivity index (χ1) is 14.1. The monoisotopic (exact) mass is 437 g/mol. The number of nitrogens with two attached hydrogens (primary N) is 2. The van der Waals surface area contributed by atoms with Crippen molar-refractivity contribution in [2.75, 3.05) is 12.3 Å². The first-order valence-corrected chi connectivity index (χ1v) is 10.5. The fourth-order valence-electron chi connectivity index (χ4n) is 2.94. The third kappa shape index (κ3) is 4.74. The molecule has 0 aliphatic rings. The minimum Gasteiger partial charge on any atom is -0.476 e. The smallest absolute Gasteiger partial charge is 0.260 e. The van der Waals surface area contributed by atoms with Crippen molar-refractivity contribution in [2.24, 2.45) is 5.14 Å². The van der Waals surface area contributed by atoms with Gasteiger partial charge in [0.25, 0.3) is 10.0 Å². The zero-order valence-electron chi connectivity index (χ0n) is 16.3. The van der Waals surface area contributed by atoms with E-state index in [1.54, 1.807) is 12.1 Å². The van der Waals surface area contributed by atoms with Crippen LogP contribution in [0.4, 0.5) is 14.5 Å². The van der Waals surface area contributed by atoms with Crippen LogP contribution < -0.4 is 15.6 Å². The molecule has 8 nitrogen and oxygen atoms in total. The highest BCUT2D eigenvalue weighted by molar-refractivity contribution is 7.89. The SMILES string of the molecule is CC(C)c1cc(F)cc(-c2ccnc(OCCn3cc(F)c(S(N)(=O)=O)n3)c2)c1N. The lowest BCUT2D eigenvalue weighted by atomic mass is 9.95. The molecular weight excluding hydrogens is 416 g/mol. The number of ether oxygens (including phenoxy) is 1. The second-order valence-corrected chi connectivity index (χ2v) is 8.41. The first-order valence-electron chi connectivity index (χ1n) is 9.00. The van der Waals surface area contributed by atoms with E-state index in [0.717, 1.165) is 10.9 Å². The second kappa shape index (κ2) is 8.36. The number of hydrogen-bond acceptors (Lipinski definition) is 6. The summed E-state index contributed by atoms with van der Waals surface area (Å²) in [5, 5.41) is 7.66. The molecule has 0 amide bonds. The number of nitrogens with zero attached hydrogens (tertiary/aromatic N) is 3. The van der Waals surface area contributed by atoms with E-state index in [2.05, 4.69) is 10.1 Å². The van der Waals surface area contributed by atoms with Crippen molar-refractivity contribution in [2.45, 2.75) is 31.3 Å². The average Bonchev–Trinajstić information content (AvgIpc) is 3.04. The highest BCUT2D eigenvalue weighted by Crippen LogP contribution is 2.34. The molecule has 2 aromatic heterocycles. The van der Waals surface area contributed by atoms with Gasteiger partial charge in [0.2, 0.25) is 10.9 Å². The minimum absolute atomic E-state index is 0.0253. The van der Waals surface area contributed by atoms with Crippen molar-refractivity contribution in [3.8, 4) is 17.0 Å². The van der Waals surface area contributed by atoms with E-state index in [-0.39, 0.29) is 24.9 Å². The van der Waals surface area contributed by atoms with Gasteiger partial charge in [-0.1, -0.05) is 13.8 Å². The van der Waals surface area contributed by atoms with Gasteiger partial charge >= 0.3 is 0 Å². The average molecular weight is 437 g/mol. The van der Waals surface area contributed by atoms with Gasteiger partial charge in [-0.15, -0.1) is 0 Å². The predicted octanol–water partition coefficient (Wildman–Crippen LogP) is 2.66. The van der Waals surface area contributed by atoms with Gasteiger partial charge in [0.1, 0.15) is 12.4 Å². The molecule has 3 aromatic rings. The Morgan fingerprint density at radius 3 is 2.60 bits per heavy atom. The van der Waals surface area contributed by atoms with Crippen molar-refractivity contribution in [1.82, 2.24) is 14.8 Å². The van der Waals surface area contributed by atoms with Crippen molar-refractivity contribution in [3.63, 3.8) is 0 Å². The van der Waals surface area contributed by atoms with Gasteiger partial charge in [-0.25, -0.2) is 27.3 Å². The summed E-state index contributed by atoms with van der Waals surface area (Å²) in [5.41, 5.74) is 8.56. The molecule has 0 aliphatic heterocycles. The normalized spacial score (nSPS) is 11.8. The largest absolute Gasteiger partial charge is 0.476 e. The Kier molecular flexibility index (Phi) is 6.04. The summed E-state index contributed by atoms with van der Waals surface area (Å²) in [6.07, 6.45) is 2.41. The van der Waals surface area contributed by atoms with Crippen LogP contribution in [-0.2, 0) is 16.6 Å². The molecule has 160 valence electrons. The van der Waals surface area contributed by atoms with Crippen LogP contribution in [-0.4, -0.2) is 29.8 Å². The van der Waals surface area contributed by atoms with Crippen LogP contribution in [0.25, 0.3) is 11.1 Å². The fourth-order valence-corrected chi connectivity index (χ4v) is 3.49. The number of anilines is 1. The third-order valence-corrected chi connectivity index (χ3v) is 5.19. The standard InChI is InChI=1S/C19H21F2N5O3S/c1-11(2)14-8-13(20)9-15(18(14)22)12-3-4-24-17(7-12)29-6-5-26-10-16(21)19(25-26)30(23,27)28/h3-4,7-11H,5-6,22H2,1-2H3,(H2,23,27,28). The summed E-state index contributed by atoms with van der Waals surface area (Å²) in [5.74, 6) is -1.15. The summed E-state index contributed by atoms with van der Waals surface area (Å²) < 4.78 is 56.8. The van der Waals surface area contributed by atoms with Gasteiger partial charge in [0.15, 0.2) is 5.82 Å². The van der Waals surface area contributed by atoms with Crippen molar-refractivity contribution < 1.29 is 21.9 Å². The fraction of sp³-hybridized carbons (Fsp3) is 0.263. The number of hydrogen-bond donors (Lipinski definition) is 2.